The van der Waals surface area contributed by atoms with Gasteiger partial charge in [-0.05, 0) is 53.9 Å². The van der Waals surface area contributed by atoms with Crippen LogP contribution in [0.25, 0.3) is 16.8 Å². The highest BCUT2D eigenvalue weighted by atomic mass is 19.1. The van der Waals surface area contributed by atoms with E-state index in [0.29, 0.717) is 12.0 Å². The van der Waals surface area contributed by atoms with Gasteiger partial charge in [-0.15, -0.1) is 0 Å². The molecule has 0 bridgehead atoms. The number of rotatable bonds is 3. The second kappa shape index (κ2) is 6.26. The van der Waals surface area contributed by atoms with Crippen LogP contribution in [0.1, 0.15) is 16.8 Å². The van der Waals surface area contributed by atoms with Gasteiger partial charge in [-0.3, -0.25) is 4.79 Å². The van der Waals surface area contributed by atoms with E-state index < -0.39 is 0 Å². The van der Waals surface area contributed by atoms with Crippen LogP contribution in [-0.4, -0.2) is 14.0 Å². The zero-order chi connectivity index (χ0) is 18.3. The minimum absolute atomic E-state index is 0.00394. The van der Waals surface area contributed by atoms with Crippen LogP contribution in [0.4, 0.5) is 4.39 Å². The van der Waals surface area contributed by atoms with Crippen molar-refractivity contribution in [2.45, 2.75) is 13.3 Å². The molecule has 0 aliphatic carbocycles. The van der Waals surface area contributed by atoms with Gasteiger partial charge in [0.25, 0.3) is 5.56 Å². The number of imidazole rings is 1. The molecular weight excluding hydrogens is 329 g/mol. The molecule has 3 aromatic heterocycles. The number of benzene rings is 1. The first-order valence-corrected chi connectivity index (χ1v) is 8.39. The molecule has 0 atom stereocenters. The minimum Gasteiger partial charge on any atom is -0.318 e. The summed E-state index contributed by atoms with van der Waals surface area (Å²) in [5, 5.41) is 0. The normalized spacial score (nSPS) is 11.2. The summed E-state index contributed by atoms with van der Waals surface area (Å²) in [5.74, 6) is -0.238. The molecule has 1 aromatic carbocycles. The summed E-state index contributed by atoms with van der Waals surface area (Å²) >= 11 is 0. The van der Waals surface area contributed by atoms with Crippen molar-refractivity contribution in [2.24, 2.45) is 7.05 Å². The molecule has 26 heavy (non-hydrogen) atoms. The van der Waals surface area contributed by atoms with Crippen LogP contribution >= 0.6 is 0 Å². The van der Waals surface area contributed by atoms with E-state index in [1.807, 2.05) is 54.2 Å². The molecule has 0 fully saturated rings. The topological polar surface area (TPSA) is 39.3 Å². The summed E-state index contributed by atoms with van der Waals surface area (Å²) in [6, 6.07) is 12.4. The smallest absolute Gasteiger partial charge is 0.253 e. The maximum atomic E-state index is 13.5. The Balaban J connectivity index is 1.78. The molecule has 0 amide bonds. The van der Waals surface area contributed by atoms with E-state index in [1.54, 1.807) is 23.7 Å². The lowest BCUT2D eigenvalue weighted by molar-refractivity contribution is 0.626. The maximum Gasteiger partial charge on any atom is 0.253 e. The summed E-state index contributed by atoms with van der Waals surface area (Å²) in [4.78, 5) is 16.4. The van der Waals surface area contributed by atoms with Crippen LogP contribution in [0, 0.1) is 12.7 Å². The Labute approximate surface area is 150 Å². The lowest BCUT2D eigenvalue weighted by atomic mass is 10.1. The van der Waals surface area contributed by atoms with E-state index in [9.17, 15) is 9.18 Å². The quantitative estimate of drug-likeness (QED) is 0.566. The van der Waals surface area contributed by atoms with Crippen LogP contribution in [0.2, 0.25) is 0 Å². The minimum atomic E-state index is -0.238. The first kappa shape index (κ1) is 16.3. The molecule has 4 rings (SSSR count). The van der Waals surface area contributed by atoms with Crippen molar-refractivity contribution in [1.82, 2.24) is 14.0 Å². The molecule has 0 aliphatic rings. The number of aromatic nitrogens is 3. The van der Waals surface area contributed by atoms with Gasteiger partial charge in [0.2, 0.25) is 0 Å². The van der Waals surface area contributed by atoms with Crippen LogP contribution in [0.3, 0.4) is 0 Å². The standard InChI is InChI=1S/C21H18FN3O/c1-14-8-17(12-24(2)21(14)26)16-6-7-20-23-11-19(25(20)13-16)10-15-4-3-5-18(22)9-15/h3-9,11-13H,10H2,1-2H3. The van der Waals surface area contributed by atoms with Crippen molar-refractivity contribution in [2.75, 3.05) is 0 Å². The maximum absolute atomic E-state index is 13.5. The molecule has 4 nitrogen and oxygen atoms in total. The molecule has 3 heterocycles. The van der Waals surface area contributed by atoms with Crippen molar-refractivity contribution in [3.8, 4) is 11.1 Å². The van der Waals surface area contributed by atoms with Crippen molar-refractivity contribution in [3.05, 3.63) is 94.0 Å². The third kappa shape index (κ3) is 2.92. The van der Waals surface area contributed by atoms with Gasteiger partial charge in [-0.2, -0.15) is 0 Å². The lowest BCUT2D eigenvalue weighted by Crippen LogP contribution is -2.18. The molecular formula is C21H18FN3O. The Morgan fingerprint density at radius 3 is 2.69 bits per heavy atom. The Hall–Kier alpha value is -3.21. The van der Waals surface area contributed by atoms with Gasteiger partial charge in [-0.25, -0.2) is 9.37 Å². The molecule has 0 saturated heterocycles. The Morgan fingerprint density at radius 1 is 1.08 bits per heavy atom. The van der Waals surface area contributed by atoms with Crippen LogP contribution in [0.5, 0.6) is 0 Å². The van der Waals surface area contributed by atoms with Gasteiger partial charge in [0, 0.05) is 43.3 Å². The molecule has 0 saturated carbocycles. The number of pyridine rings is 2. The van der Waals surface area contributed by atoms with Gasteiger partial charge in [0.15, 0.2) is 0 Å². The van der Waals surface area contributed by atoms with Gasteiger partial charge < -0.3 is 8.97 Å². The van der Waals surface area contributed by atoms with E-state index in [1.165, 1.54) is 6.07 Å². The zero-order valence-electron chi connectivity index (χ0n) is 14.6. The monoisotopic (exact) mass is 347 g/mol. The highest BCUT2D eigenvalue weighted by molar-refractivity contribution is 5.64. The second-order valence-electron chi connectivity index (χ2n) is 6.53. The zero-order valence-corrected chi connectivity index (χ0v) is 14.6. The van der Waals surface area contributed by atoms with E-state index >= 15 is 0 Å². The third-order valence-corrected chi connectivity index (χ3v) is 4.55. The first-order valence-electron chi connectivity index (χ1n) is 8.39. The summed E-state index contributed by atoms with van der Waals surface area (Å²) in [7, 11) is 1.75. The van der Waals surface area contributed by atoms with Crippen LogP contribution < -0.4 is 5.56 Å². The molecule has 130 valence electrons. The number of hydrogen-bond acceptors (Lipinski definition) is 2. The van der Waals surface area contributed by atoms with Gasteiger partial charge >= 0.3 is 0 Å². The fourth-order valence-corrected chi connectivity index (χ4v) is 3.22. The Kier molecular flexibility index (Phi) is 3.92. The van der Waals surface area contributed by atoms with Crippen molar-refractivity contribution in [1.29, 1.82) is 0 Å². The highest BCUT2D eigenvalue weighted by Crippen LogP contribution is 2.21. The first-order chi connectivity index (χ1) is 12.5. The molecule has 5 heteroatoms. The van der Waals surface area contributed by atoms with Gasteiger partial charge in [0.1, 0.15) is 11.5 Å². The Bertz CT molecular complexity index is 1150. The van der Waals surface area contributed by atoms with Gasteiger partial charge in [0.05, 0.1) is 0 Å². The van der Waals surface area contributed by atoms with E-state index in [2.05, 4.69) is 4.98 Å². The fraction of sp³-hybridized carbons (Fsp3) is 0.143. The van der Waals surface area contributed by atoms with E-state index in [0.717, 1.165) is 28.0 Å². The summed E-state index contributed by atoms with van der Waals surface area (Å²) in [6.07, 6.45) is 6.25. The third-order valence-electron chi connectivity index (χ3n) is 4.55. The Morgan fingerprint density at radius 2 is 1.92 bits per heavy atom. The van der Waals surface area contributed by atoms with Crippen LogP contribution in [0.15, 0.2) is 65.8 Å². The van der Waals surface area contributed by atoms with E-state index in [-0.39, 0.29) is 11.4 Å². The average Bonchev–Trinajstić information content (AvgIpc) is 3.01. The van der Waals surface area contributed by atoms with Crippen molar-refractivity contribution in [3.63, 3.8) is 0 Å². The second-order valence-corrected chi connectivity index (χ2v) is 6.53. The predicted octanol–water partition coefficient (Wildman–Crippen LogP) is 3.74. The lowest BCUT2D eigenvalue weighted by Gasteiger charge is -2.08. The predicted molar refractivity (Wildman–Crippen MR) is 99.8 cm³/mol. The molecule has 0 unspecified atom stereocenters. The molecule has 4 aromatic rings. The number of fused-ring (bicyclic) bond motifs is 1. The number of hydrogen-bond donors (Lipinski definition) is 0. The van der Waals surface area contributed by atoms with Gasteiger partial charge in [-0.1, -0.05) is 12.1 Å². The van der Waals surface area contributed by atoms with Crippen molar-refractivity contribution < 1.29 is 4.39 Å². The largest absolute Gasteiger partial charge is 0.318 e. The number of halogens is 1. The summed E-state index contributed by atoms with van der Waals surface area (Å²) in [6.45, 7) is 1.82. The summed E-state index contributed by atoms with van der Waals surface area (Å²) in [5.41, 5.74) is 5.39. The average molecular weight is 347 g/mol. The van der Waals surface area contributed by atoms with Crippen molar-refractivity contribution >= 4 is 5.65 Å². The SMILES string of the molecule is Cc1cc(-c2ccc3ncc(Cc4cccc(F)c4)n3c2)cn(C)c1=O. The highest BCUT2D eigenvalue weighted by Gasteiger charge is 2.08. The van der Waals surface area contributed by atoms with E-state index in [4.69, 9.17) is 0 Å². The molecule has 0 aliphatic heterocycles. The van der Waals surface area contributed by atoms with Crippen LogP contribution in [-0.2, 0) is 13.5 Å². The molecule has 0 N–H and O–H groups in total. The summed E-state index contributed by atoms with van der Waals surface area (Å²) < 4.78 is 17.1. The molecule has 0 spiro atoms. The number of aryl methyl sites for hydroxylation is 2. The number of nitrogens with zero attached hydrogens (tertiary/aromatic N) is 3. The molecule has 0 radical (unpaired) electrons. The fourth-order valence-electron chi connectivity index (χ4n) is 3.22.